The molecule has 1 fully saturated rings. The molecule has 1 saturated heterocycles. The summed E-state index contributed by atoms with van der Waals surface area (Å²) in [5, 5.41) is 0. The van der Waals surface area contributed by atoms with Crippen molar-refractivity contribution in [3.63, 3.8) is 0 Å². The van der Waals surface area contributed by atoms with Crippen LogP contribution in [0, 0.1) is 6.92 Å². The molecule has 3 aromatic rings. The Morgan fingerprint density at radius 2 is 1.40 bits per heavy atom. The summed E-state index contributed by atoms with van der Waals surface area (Å²) in [5.74, 6) is 0. The highest BCUT2D eigenvalue weighted by Crippen LogP contribution is 2.47. The van der Waals surface area contributed by atoms with E-state index in [2.05, 4.69) is 121 Å². The predicted octanol–water partition coefficient (Wildman–Crippen LogP) is 7.84. The molecule has 0 N–H and O–H groups in total. The highest BCUT2D eigenvalue weighted by molar-refractivity contribution is 14.1. The first-order chi connectivity index (χ1) is 14.6. The quantitative estimate of drug-likeness (QED) is 0.253. The van der Waals surface area contributed by atoms with E-state index >= 15 is 0 Å². The van der Waals surface area contributed by atoms with Crippen molar-refractivity contribution >= 4 is 28.2 Å². The lowest BCUT2D eigenvalue weighted by atomic mass is 9.79. The van der Waals surface area contributed by atoms with Gasteiger partial charge >= 0.3 is 0 Å². The van der Waals surface area contributed by atoms with E-state index in [-0.39, 0.29) is 0 Å². The van der Waals surface area contributed by atoms with Crippen LogP contribution in [0.5, 0.6) is 0 Å². The van der Waals surface area contributed by atoms with Crippen LogP contribution in [0.2, 0.25) is 0 Å². The van der Waals surface area contributed by atoms with Gasteiger partial charge in [0.1, 0.15) is 5.60 Å². The van der Waals surface area contributed by atoms with Crippen LogP contribution < -0.4 is 0 Å². The van der Waals surface area contributed by atoms with Crippen molar-refractivity contribution in [2.24, 2.45) is 0 Å². The van der Waals surface area contributed by atoms with E-state index in [0.717, 1.165) is 35.0 Å². The Morgan fingerprint density at radius 1 is 0.833 bits per heavy atom. The molecule has 152 valence electrons. The molecular formula is C28H27IO. The zero-order valence-electron chi connectivity index (χ0n) is 17.4. The monoisotopic (exact) mass is 506 g/mol. The van der Waals surface area contributed by atoms with Crippen molar-refractivity contribution in [3.8, 4) is 0 Å². The van der Waals surface area contributed by atoms with Gasteiger partial charge in [-0.05, 0) is 71.0 Å². The second kappa shape index (κ2) is 9.32. The van der Waals surface area contributed by atoms with Crippen molar-refractivity contribution in [2.45, 2.75) is 31.8 Å². The molecule has 1 aliphatic heterocycles. The number of rotatable bonds is 5. The fourth-order valence-corrected chi connectivity index (χ4v) is 5.27. The highest BCUT2D eigenvalue weighted by Gasteiger charge is 2.39. The molecule has 0 bridgehead atoms. The van der Waals surface area contributed by atoms with Gasteiger partial charge in [0, 0.05) is 15.8 Å². The summed E-state index contributed by atoms with van der Waals surface area (Å²) in [5.41, 5.74) is 6.64. The average Bonchev–Trinajstić information content (AvgIpc) is 2.81. The number of ether oxygens (including phenoxy) is 1. The van der Waals surface area contributed by atoms with E-state index in [4.69, 9.17) is 4.74 Å². The first-order valence-corrected chi connectivity index (χ1v) is 11.6. The molecule has 0 amide bonds. The van der Waals surface area contributed by atoms with Crippen LogP contribution in [0.1, 0.15) is 41.5 Å². The summed E-state index contributed by atoms with van der Waals surface area (Å²) in [6.07, 6.45) is 3.20. The molecule has 1 heterocycles. The van der Waals surface area contributed by atoms with Crippen LogP contribution in [0.3, 0.4) is 0 Å². The van der Waals surface area contributed by atoms with Gasteiger partial charge in [-0.15, -0.1) is 0 Å². The van der Waals surface area contributed by atoms with Crippen LogP contribution in [-0.2, 0) is 10.3 Å². The molecule has 0 radical (unpaired) electrons. The fraction of sp³-hybridized carbons (Fsp3) is 0.214. The summed E-state index contributed by atoms with van der Waals surface area (Å²) in [4.78, 5) is 0. The van der Waals surface area contributed by atoms with E-state index in [9.17, 15) is 0 Å². The molecule has 2 heteroatoms. The van der Waals surface area contributed by atoms with Crippen LogP contribution >= 0.6 is 22.6 Å². The molecule has 0 aliphatic carbocycles. The molecule has 1 atom stereocenters. The Bertz CT molecular complexity index is 986. The van der Waals surface area contributed by atoms with Gasteiger partial charge in [-0.25, -0.2) is 0 Å². The second-order valence-electron chi connectivity index (χ2n) is 7.90. The number of hydrogen-bond donors (Lipinski definition) is 0. The van der Waals surface area contributed by atoms with Gasteiger partial charge in [0.05, 0.1) is 0 Å². The fourth-order valence-electron chi connectivity index (χ4n) is 4.22. The lowest BCUT2D eigenvalue weighted by Crippen LogP contribution is -2.35. The SMILES string of the molecule is C=C(C(I)=C(c1ccccc1)c1ccccc1)C1(c2ccc(C)cc2)CCCCO1. The molecule has 30 heavy (non-hydrogen) atoms. The van der Waals surface area contributed by atoms with Crippen LogP contribution in [-0.4, -0.2) is 6.61 Å². The molecular weight excluding hydrogens is 479 g/mol. The van der Waals surface area contributed by atoms with Gasteiger partial charge in [-0.1, -0.05) is 97.1 Å². The topological polar surface area (TPSA) is 9.23 Å². The standard InChI is InChI=1S/C28H27IO/c1-21-15-17-25(18-16-21)28(19-9-10-20-30-28)22(2)27(29)26(23-11-5-3-6-12-23)24-13-7-4-8-14-24/h3-8,11-18H,2,9-10,19-20H2,1H3. The molecule has 0 spiro atoms. The maximum atomic E-state index is 6.56. The van der Waals surface area contributed by atoms with Crippen LogP contribution in [0.15, 0.2) is 101 Å². The van der Waals surface area contributed by atoms with Gasteiger partial charge in [-0.3, -0.25) is 0 Å². The van der Waals surface area contributed by atoms with Crippen molar-refractivity contribution in [1.82, 2.24) is 0 Å². The van der Waals surface area contributed by atoms with Gasteiger partial charge in [0.25, 0.3) is 0 Å². The van der Waals surface area contributed by atoms with Crippen molar-refractivity contribution in [3.05, 3.63) is 123 Å². The number of halogens is 1. The molecule has 1 nitrogen and oxygen atoms in total. The van der Waals surface area contributed by atoms with E-state index in [1.165, 1.54) is 27.8 Å². The van der Waals surface area contributed by atoms with E-state index in [0.29, 0.717) is 0 Å². The van der Waals surface area contributed by atoms with E-state index in [1.807, 2.05) is 0 Å². The highest BCUT2D eigenvalue weighted by atomic mass is 127. The third kappa shape index (κ3) is 4.17. The predicted molar refractivity (Wildman–Crippen MR) is 135 cm³/mol. The van der Waals surface area contributed by atoms with E-state index < -0.39 is 5.60 Å². The second-order valence-corrected chi connectivity index (χ2v) is 8.98. The van der Waals surface area contributed by atoms with Crippen molar-refractivity contribution < 1.29 is 4.74 Å². The van der Waals surface area contributed by atoms with Gasteiger partial charge in [-0.2, -0.15) is 0 Å². The maximum Gasteiger partial charge on any atom is 0.119 e. The summed E-state index contributed by atoms with van der Waals surface area (Å²) in [6, 6.07) is 30.0. The molecule has 1 aliphatic rings. The Hall–Kier alpha value is -2.17. The van der Waals surface area contributed by atoms with Crippen molar-refractivity contribution in [2.75, 3.05) is 6.61 Å². The minimum Gasteiger partial charge on any atom is -0.366 e. The molecule has 0 aromatic heterocycles. The van der Waals surface area contributed by atoms with Gasteiger partial charge < -0.3 is 4.74 Å². The smallest absolute Gasteiger partial charge is 0.119 e. The third-order valence-electron chi connectivity index (χ3n) is 5.89. The number of hydrogen-bond acceptors (Lipinski definition) is 1. The molecule has 0 saturated carbocycles. The lowest BCUT2D eigenvalue weighted by Gasteiger charge is -2.40. The Balaban J connectivity index is 1.88. The first kappa shape index (κ1) is 21.1. The number of benzene rings is 3. The zero-order valence-corrected chi connectivity index (χ0v) is 19.6. The molecule has 4 rings (SSSR count). The van der Waals surface area contributed by atoms with Crippen molar-refractivity contribution in [1.29, 1.82) is 0 Å². The zero-order chi connectivity index (χ0) is 21.0. The van der Waals surface area contributed by atoms with Crippen LogP contribution in [0.4, 0.5) is 0 Å². The average molecular weight is 506 g/mol. The summed E-state index contributed by atoms with van der Waals surface area (Å²) >= 11 is 2.48. The normalized spacial score (nSPS) is 18.6. The minimum absolute atomic E-state index is 0.475. The maximum absolute atomic E-state index is 6.56. The number of aryl methyl sites for hydroxylation is 1. The largest absolute Gasteiger partial charge is 0.366 e. The van der Waals surface area contributed by atoms with Gasteiger partial charge in [0.2, 0.25) is 0 Å². The minimum atomic E-state index is -0.475. The Kier molecular flexibility index (Phi) is 6.55. The van der Waals surface area contributed by atoms with Crippen LogP contribution in [0.25, 0.3) is 5.57 Å². The summed E-state index contributed by atoms with van der Waals surface area (Å²) < 4.78 is 7.72. The molecule has 3 aromatic carbocycles. The lowest BCUT2D eigenvalue weighted by molar-refractivity contribution is -0.0536. The van der Waals surface area contributed by atoms with Gasteiger partial charge in [0.15, 0.2) is 0 Å². The Labute approximate surface area is 193 Å². The molecule has 1 unspecified atom stereocenters. The first-order valence-electron chi connectivity index (χ1n) is 10.5. The third-order valence-corrected chi connectivity index (χ3v) is 7.08. The Morgan fingerprint density at radius 3 is 1.90 bits per heavy atom. The summed E-state index contributed by atoms with van der Waals surface area (Å²) in [6.45, 7) is 7.52. The van der Waals surface area contributed by atoms with E-state index in [1.54, 1.807) is 0 Å². The summed E-state index contributed by atoms with van der Waals surface area (Å²) in [7, 11) is 0.